The second kappa shape index (κ2) is 25.3. The SMILES string of the molecule is CC1(O)C2CC3CC(C2)CC1C3.CC12CC3(C)CC(O)(C1)CC(O)(C2)C3.CCC1(O)C2CC3CC(C2)CC1C3.OC12CC3CC(C1)CC(O)(C3)C2.OC12CC3CC(O)(C1)CC(O)(C3)C2.OC1C2CC3CC(C2)CC1C3.OCC12CC3CC(CC(C3)C1)C2.OCCC12CC3CC(CC(C3)C1)C2. The van der Waals surface area contributed by atoms with Crippen molar-refractivity contribution in [2.24, 2.45) is 146 Å². The number of hydrogen-bond donors (Lipinski definition) is 12. The summed E-state index contributed by atoms with van der Waals surface area (Å²) in [6, 6.07) is 0. The summed E-state index contributed by atoms with van der Waals surface area (Å²) in [5.74, 6) is 17.6. The Kier molecular flexibility index (Phi) is 18.3. The van der Waals surface area contributed by atoms with Crippen LogP contribution in [0.3, 0.4) is 0 Å². The van der Waals surface area contributed by atoms with Crippen molar-refractivity contribution in [1.82, 2.24) is 0 Å². The Bertz CT molecular complexity index is 2610. The van der Waals surface area contributed by atoms with Gasteiger partial charge in [0.15, 0.2) is 0 Å². The van der Waals surface area contributed by atoms with Crippen LogP contribution < -0.4 is 0 Å². The second-order valence-electron chi connectivity index (χ2n) is 45.8. The van der Waals surface area contributed by atoms with Crippen molar-refractivity contribution < 1.29 is 61.3 Å². The topological polar surface area (TPSA) is 243 Å². The van der Waals surface area contributed by atoms with Crippen LogP contribution in [0.15, 0.2) is 0 Å². The van der Waals surface area contributed by atoms with Gasteiger partial charge in [0.25, 0.3) is 0 Å². The summed E-state index contributed by atoms with van der Waals surface area (Å²) in [6.07, 6.45) is 54.8. The van der Waals surface area contributed by atoms with Crippen molar-refractivity contribution in [3.63, 3.8) is 0 Å². The molecule has 32 aliphatic rings. The molecule has 0 radical (unpaired) electrons. The molecule has 32 fully saturated rings. The van der Waals surface area contributed by atoms with E-state index in [4.69, 9.17) is 5.11 Å². The third kappa shape index (κ3) is 14.0. The summed E-state index contributed by atoms with van der Waals surface area (Å²) in [6.45, 7) is 9.61. The first-order chi connectivity index (χ1) is 47.0. The van der Waals surface area contributed by atoms with Gasteiger partial charge < -0.3 is 61.3 Å². The van der Waals surface area contributed by atoms with Crippen molar-refractivity contribution >= 4 is 0 Å². The van der Waals surface area contributed by atoms with Crippen molar-refractivity contribution in [3.05, 3.63) is 0 Å². The zero-order chi connectivity index (χ0) is 69.8. The molecule has 32 aliphatic carbocycles. The Labute approximate surface area is 603 Å². The average molecular weight is 1390 g/mol. The van der Waals surface area contributed by atoms with Crippen LogP contribution in [0.5, 0.6) is 0 Å². The minimum absolute atomic E-state index is 0.0859. The van der Waals surface area contributed by atoms with E-state index in [2.05, 4.69) is 27.7 Å². The molecule has 0 heterocycles. The summed E-state index contributed by atoms with van der Waals surface area (Å²) < 4.78 is 0. The number of aliphatic hydroxyl groups excluding tert-OH is 3. The third-order valence-electron chi connectivity index (χ3n) is 35.9. The van der Waals surface area contributed by atoms with E-state index < -0.39 is 39.2 Å². The standard InChI is InChI=1S/C12H20O2.2C12H20O.2C11H18O.C10H16O3.C10H16O2.C10H16O/c1-9-3-10(2)6-11(13,4-9)8-12(14,5-9)7-10;13-2-1-12-6-9-3-10(7-12)5-11(4-9)8-12;1-2-12(13)10-4-8-3-9(6-10)7-11(12)5-8;12-7-11-4-8-1-9(5-11)3-10(2-8)6-11;1-11(12)9-3-7-2-8(5-9)6-10(11)4-7;11-8-1-7-2-9(12,4-8)6-10(13,3-7)5-8;11-9-2-7-1-8(4-9)5-10(12,3-7)6-9;11-10-8-2-6-1-7(4-8)5-9(10)3-6/h13-14H,3-8H2,1-2H3;9-11,13H,1-8H2;8-11,13H,2-7H2,1H3;8-10,12H,1-7H2;7-10,12H,2-6H2,1H3;7,11-13H,1-6H2;7-8,11-12H,1-6H2;6-11H,1-5H2. The van der Waals surface area contributed by atoms with Crippen LogP contribution in [0.4, 0.5) is 0 Å². The second-order valence-corrected chi connectivity index (χ2v) is 45.8. The van der Waals surface area contributed by atoms with E-state index in [1.807, 2.05) is 0 Å². The van der Waals surface area contributed by atoms with Gasteiger partial charge in [-0.15, -0.1) is 0 Å². The lowest BCUT2D eigenvalue weighted by molar-refractivity contribution is -0.253. The quantitative estimate of drug-likeness (QED) is 0.126. The molecule has 12 nitrogen and oxygen atoms in total. The smallest absolute Gasteiger partial charge is 0.0705 e. The maximum atomic E-state index is 10.6. The van der Waals surface area contributed by atoms with Crippen LogP contribution in [-0.4, -0.2) is 131 Å². The van der Waals surface area contributed by atoms with Gasteiger partial charge in [0.05, 0.1) is 56.5 Å². The molecule has 12 heteroatoms. The molecule has 0 atom stereocenters. The first-order valence-electron chi connectivity index (χ1n) is 43.4. The van der Waals surface area contributed by atoms with E-state index in [0.29, 0.717) is 109 Å². The number of aliphatic hydroxyl groups is 12. The largest absolute Gasteiger partial charge is 0.396 e. The van der Waals surface area contributed by atoms with Crippen LogP contribution in [0.1, 0.15) is 329 Å². The van der Waals surface area contributed by atoms with Crippen molar-refractivity contribution in [2.75, 3.05) is 13.2 Å². The average Bonchev–Trinajstić information content (AvgIpc) is 0.664. The molecule has 0 spiro atoms. The van der Waals surface area contributed by atoms with E-state index in [1.54, 1.807) is 0 Å². The summed E-state index contributed by atoms with van der Waals surface area (Å²) >= 11 is 0. The normalized spacial score (nSPS) is 60.5. The van der Waals surface area contributed by atoms with Gasteiger partial charge in [0.1, 0.15) is 0 Å². The Morgan fingerprint density at radius 1 is 0.270 bits per heavy atom. The van der Waals surface area contributed by atoms with Gasteiger partial charge in [-0.25, -0.2) is 0 Å². The molecule has 0 aromatic heterocycles. The molecule has 0 aliphatic heterocycles. The van der Waals surface area contributed by atoms with Gasteiger partial charge in [-0.2, -0.15) is 0 Å². The Morgan fingerprint density at radius 2 is 0.550 bits per heavy atom. The van der Waals surface area contributed by atoms with Crippen molar-refractivity contribution in [1.29, 1.82) is 0 Å². The van der Waals surface area contributed by atoms with E-state index in [-0.39, 0.29) is 28.1 Å². The van der Waals surface area contributed by atoms with Crippen LogP contribution in [0.25, 0.3) is 0 Å². The molecule has 0 amide bonds. The first kappa shape index (κ1) is 72.4. The van der Waals surface area contributed by atoms with E-state index in [0.717, 1.165) is 154 Å². The molecule has 32 rings (SSSR count). The lowest BCUT2D eigenvalue weighted by Gasteiger charge is -2.66. The Hall–Kier alpha value is -0.480. The highest BCUT2D eigenvalue weighted by Crippen LogP contribution is 2.69. The zero-order valence-electron chi connectivity index (χ0n) is 63.2. The number of rotatable bonds is 4. The van der Waals surface area contributed by atoms with Crippen LogP contribution in [0.2, 0.25) is 0 Å². The molecular formula is C88H144O12. The fourth-order valence-corrected chi connectivity index (χ4v) is 36.0. The summed E-state index contributed by atoms with van der Waals surface area (Å²) in [5, 5.41) is 121. The lowest BCUT2D eigenvalue weighted by atomic mass is 9.42. The molecule has 0 aromatic carbocycles. The molecule has 32 bridgehead atoms. The Morgan fingerprint density at radius 3 is 0.850 bits per heavy atom. The maximum Gasteiger partial charge on any atom is 0.0705 e. The highest BCUT2D eigenvalue weighted by Gasteiger charge is 2.67. The minimum Gasteiger partial charge on any atom is -0.396 e. The molecule has 0 saturated heterocycles. The van der Waals surface area contributed by atoms with Crippen molar-refractivity contribution in [3.8, 4) is 0 Å². The molecule has 32 saturated carbocycles. The highest BCUT2D eigenvalue weighted by molar-refractivity contribution is 5.18. The summed E-state index contributed by atoms with van der Waals surface area (Å²) in [4.78, 5) is 0. The van der Waals surface area contributed by atoms with E-state index in [1.165, 1.54) is 186 Å². The molecule has 0 aromatic rings. The third-order valence-corrected chi connectivity index (χ3v) is 35.9. The zero-order valence-corrected chi connectivity index (χ0v) is 63.2. The van der Waals surface area contributed by atoms with Crippen LogP contribution in [-0.2, 0) is 0 Å². The molecule has 12 N–H and O–H groups in total. The van der Waals surface area contributed by atoms with Gasteiger partial charge >= 0.3 is 0 Å². The fraction of sp³-hybridized carbons (Fsp3) is 1.00. The predicted octanol–water partition coefficient (Wildman–Crippen LogP) is 14.4. The lowest BCUT2D eigenvalue weighted by Crippen LogP contribution is -2.65. The predicted molar refractivity (Wildman–Crippen MR) is 387 cm³/mol. The Balaban J connectivity index is 0.0000000855. The number of hydrogen-bond acceptors (Lipinski definition) is 12. The monoisotopic (exact) mass is 1390 g/mol. The molecule has 0 unspecified atom stereocenters. The molecule has 100 heavy (non-hydrogen) atoms. The van der Waals surface area contributed by atoms with Gasteiger partial charge in [0, 0.05) is 45.3 Å². The van der Waals surface area contributed by atoms with Gasteiger partial charge in [-0.3, -0.25) is 0 Å². The molecule has 568 valence electrons. The van der Waals surface area contributed by atoms with E-state index >= 15 is 0 Å². The first-order valence-corrected chi connectivity index (χ1v) is 43.4. The van der Waals surface area contributed by atoms with Crippen LogP contribution >= 0.6 is 0 Å². The minimum atomic E-state index is -0.775. The highest BCUT2D eigenvalue weighted by atomic mass is 16.3. The van der Waals surface area contributed by atoms with E-state index in [9.17, 15) is 56.2 Å². The molecular weight excluding hydrogens is 1250 g/mol. The fourth-order valence-electron chi connectivity index (χ4n) is 36.0. The van der Waals surface area contributed by atoms with Gasteiger partial charge in [-0.1, -0.05) is 20.8 Å². The van der Waals surface area contributed by atoms with Gasteiger partial charge in [0.2, 0.25) is 0 Å². The van der Waals surface area contributed by atoms with Gasteiger partial charge in [-0.05, 0) is 423 Å². The summed E-state index contributed by atoms with van der Waals surface area (Å²) in [5.41, 5.74) is -3.61. The maximum absolute atomic E-state index is 10.6. The van der Waals surface area contributed by atoms with Crippen LogP contribution in [0, 0.1) is 146 Å². The summed E-state index contributed by atoms with van der Waals surface area (Å²) in [7, 11) is 0. The van der Waals surface area contributed by atoms with Crippen molar-refractivity contribution in [2.45, 2.75) is 386 Å².